The fourth-order valence-corrected chi connectivity index (χ4v) is 0.805. The largest absolute Gasteiger partial charge is 0.432 e. The molecular weight excluding hydrogens is 180 g/mol. The van der Waals surface area contributed by atoms with Crippen molar-refractivity contribution in [2.45, 2.75) is 52.9 Å². The first kappa shape index (κ1) is 13.2. The highest BCUT2D eigenvalue weighted by atomic mass is 16.7. The van der Waals surface area contributed by atoms with Crippen LogP contribution in [-0.2, 0) is 14.3 Å². The number of carbonyl (C=O) groups excluding carboxylic acids is 1. The van der Waals surface area contributed by atoms with E-state index in [0.717, 1.165) is 0 Å². The van der Waals surface area contributed by atoms with Crippen molar-refractivity contribution >= 4 is 5.97 Å². The van der Waals surface area contributed by atoms with Gasteiger partial charge in [-0.3, -0.25) is 0 Å². The van der Waals surface area contributed by atoms with Gasteiger partial charge in [0.15, 0.2) is 0 Å². The molecule has 0 aromatic rings. The molecule has 0 bridgehead atoms. The van der Waals surface area contributed by atoms with Crippen molar-refractivity contribution in [1.29, 1.82) is 0 Å². The summed E-state index contributed by atoms with van der Waals surface area (Å²) in [6.07, 6.45) is 0.148. The Morgan fingerprint density at radius 2 is 1.93 bits per heavy atom. The Kier molecular flexibility index (Phi) is 4.85. The average molecular weight is 200 g/mol. The molecule has 0 amide bonds. The first-order valence-corrected chi connectivity index (χ1v) is 4.80. The molecule has 0 heterocycles. The highest BCUT2D eigenvalue weighted by molar-refractivity contribution is 5.86. The predicted molar refractivity (Wildman–Crippen MR) is 55.8 cm³/mol. The molecule has 82 valence electrons. The summed E-state index contributed by atoms with van der Waals surface area (Å²) in [5.41, 5.74) is 0.0803. The Balaban J connectivity index is 4.17. The van der Waals surface area contributed by atoms with Crippen LogP contribution in [-0.4, -0.2) is 17.9 Å². The molecule has 0 aliphatic heterocycles. The summed E-state index contributed by atoms with van der Waals surface area (Å²) in [6.45, 7) is 12.8. The number of ether oxygens (including phenoxy) is 2. The molecule has 0 rings (SSSR count). The quantitative estimate of drug-likeness (QED) is 0.397. The lowest BCUT2D eigenvalue weighted by Crippen LogP contribution is -2.30. The molecule has 0 spiro atoms. The van der Waals surface area contributed by atoms with E-state index in [2.05, 4.69) is 6.58 Å². The van der Waals surface area contributed by atoms with Crippen molar-refractivity contribution in [2.75, 3.05) is 0 Å². The number of hydrogen-bond donors (Lipinski definition) is 0. The third-order valence-electron chi connectivity index (χ3n) is 1.41. The van der Waals surface area contributed by atoms with Gasteiger partial charge in [-0.25, -0.2) is 4.79 Å². The fourth-order valence-electron chi connectivity index (χ4n) is 0.805. The Bertz CT molecular complexity index is 213. The van der Waals surface area contributed by atoms with E-state index >= 15 is 0 Å². The summed E-state index contributed by atoms with van der Waals surface area (Å²) < 4.78 is 10.6. The lowest BCUT2D eigenvalue weighted by molar-refractivity contribution is -0.199. The zero-order valence-corrected chi connectivity index (χ0v) is 9.72. The monoisotopic (exact) mass is 200 g/mol. The van der Waals surface area contributed by atoms with E-state index in [0.29, 0.717) is 12.0 Å². The van der Waals surface area contributed by atoms with Gasteiger partial charge in [-0.2, -0.15) is 0 Å². The Morgan fingerprint density at radius 3 is 2.21 bits per heavy atom. The van der Waals surface area contributed by atoms with Crippen LogP contribution >= 0.6 is 0 Å². The van der Waals surface area contributed by atoms with Crippen molar-refractivity contribution in [3.05, 3.63) is 12.2 Å². The van der Waals surface area contributed by atoms with E-state index in [4.69, 9.17) is 9.47 Å². The SMILES string of the molecule is C=C(C)C(=O)OC(CC)OC(C)(C)C. The van der Waals surface area contributed by atoms with Gasteiger partial charge in [0, 0.05) is 12.0 Å². The molecule has 0 aliphatic carbocycles. The minimum Gasteiger partial charge on any atom is -0.432 e. The minimum atomic E-state index is -0.487. The van der Waals surface area contributed by atoms with E-state index in [9.17, 15) is 4.79 Å². The Labute approximate surface area is 86.1 Å². The molecule has 14 heavy (non-hydrogen) atoms. The maximum absolute atomic E-state index is 11.2. The third kappa shape index (κ3) is 5.75. The maximum atomic E-state index is 11.2. The van der Waals surface area contributed by atoms with Gasteiger partial charge >= 0.3 is 5.97 Å². The molecule has 3 nitrogen and oxygen atoms in total. The van der Waals surface area contributed by atoms with Gasteiger partial charge in [0.2, 0.25) is 6.29 Å². The summed E-state index contributed by atoms with van der Waals surface area (Å²) in [5, 5.41) is 0. The second-order valence-electron chi connectivity index (χ2n) is 4.25. The second-order valence-corrected chi connectivity index (χ2v) is 4.25. The summed E-state index contributed by atoms with van der Waals surface area (Å²) in [6, 6.07) is 0. The molecule has 3 heteroatoms. The number of esters is 1. The van der Waals surface area contributed by atoms with Gasteiger partial charge in [-0.1, -0.05) is 13.5 Å². The summed E-state index contributed by atoms with van der Waals surface area (Å²) in [5.74, 6) is -0.402. The normalized spacial score (nSPS) is 13.5. The van der Waals surface area contributed by atoms with Crippen molar-refractivity contribution < 1.29 is 14.3 Å². The van der Waals surface area contributed by atoms with Crippen LogP contribution in [0.2, 0.25) is 0 Å². The van der Waals surface area contributed by atoms with E-state index in [-0.39, 0.29) is 5.60 Å². The Morgan fingerprint density at radius 1 is 1.43 bits per heavy atom. The lowest BCUT2D eigenvalue weighted by Gasteiger charge is -2.26. The number of rotatable bonds is 4. The highest BCUT2D eigenvalue weighted by Gasteiger charge is 2.20. The van der Waals surface area contributed by atoms with E-state index in [1.165, 1.54) is 0 Å². The first-order chi connectivity index (χ1) is 6.26. The smallest absolute Gasteiger partial charge is 0.335 e. The van der Waals surface area contributed by atoms with Crippen molar-refractivity contribution in [2.24, 2.45) is 0 Å². The van der Waals surface area contributed by atoms with E-state index in [1.807, 2.05) is 27.7 Å². The van der Waals surface area contributed by atoms with Crippen LogP contribution in [0.4, 0.5) is 0 Å². The summed E-state index contributed by atoms with van der Waals surface area (Å²) in [4.78, 5) is 11.2. The zero-order valence-electron chi connectivity index (χ0n) is 9.72. The van der Waals surface area contributed by atoms with Crippen LogP contribution in [0.5, 0.6) is 0 Å². The van der Waals surface area contributed by atoms with E-state index < -0.39 is 12.3 Å². The first-order valence-electron chi connectivity index (χ1n) is 4.80. The standard InChI is InChI=1S/C11H20O3/c1-7-9(14-11(4,5)6)13-10(12)8(2)3/h9H,2,7H2,1,3-6H3. The highest BCUT2D eigenvalue weighted by Crippen LogP contribution is 2.14. The van der Waals surface area contributed by atoms with Gasteiger partial charge in [0.25, 0.3) is 0 Å². The molecule has 0 aliphatic rings. The van der Waals surface area contributed by atoms with E-state index in [1.54, 1.807) is 6.92 Å². The van der Waals surface area contributed by atoms with Crippen molar-refractivity contribution in [3.8, 4) is 0 Å². The molecule has 0 fully saturated rings. The summed E-state index contributed by atoms with van der Waals surface area (Å²) >= 11 is 0. The molecule has 0 saturated heterocycles. The van der Waals surface area contributed by atoms with Crippen molar-refractivity contribution in [3.63, 3.8) is 0 Å². The molecule has 0 aromatic carbocycles. The van der Waals surface area contributed by atoms with Crippen LogP contribution in [0.15, 0.2) is 12.2 Å². The third-order valence-corrected chi connectivity index (χ3v) is 1.41. The van der Waals surface area contributed by atoms with Crippen molar-refractivity contribution in [1.82, 2.24) is 0 Å². The molecule has 1 atom stereocenters. The van der Waals surface area contributed by atoms with Crippen LogP contribution in [0.25, 0.3) is 0 Å². The van der Waals surface area contributed by atoms with Crippen LogP contribution < -0.4 is 0 Å². The topological polar surface area (TPSA) is 35.5 Å². The molecule has 0 radical (unpaired) electrons. The predicted octanol–water partition coefficient (Wildman–Crippen LogP) is 2.66. The maximum Gasteiger partial charge on any atom is 0.335 e. The Hall–Kier alpha value is -0.830. The molecule has 0 N–H and O–H groups in total. The number of hydrogen-bond acceptors (Lipinski definition) is 3. The van der Waals surface area contributed by atoms with Crippen LogP contribution in [0.1, 0.15) is 41.0 Å². The minimum absolute atomic E-state index is 0.309. The fraction of sp³-hybridized carbons (Fsp3) is 0.727. The molecule has 0 saturated carbocycles. The average Bonchev–Trinajstić information content (AvgIpc) is 2.00. The molecular formula is C11H20O3. The summed E-state index contributed by atoms with van der Waals surface area (Å²) in [7, 11) is 0. The van der Waals surface area contributed by atoms with Gasteiger partial charge in [0.1, 0.15) is 0 Å². The van der Waals surface area contributed by atoms with Crippen LogP contribution in [0.3, 0.4) is 0 Å². The molecule has 0 aromatic heterocycles. The van der Waals surface area contributed by atoms with Gasteiger partial charge in [-0.05, 0) is 27.7 Å². The lowest BCUT2D eigenvalue weighted by atomic mass is 10.2. The van der Waals surface area contributed by atoms with Gasteiger partial charge < -0.3 is 9.47 Å². The number of carbonyl (C=O) groups is 1. The van der Waals surface area contributed by atoms with Crippen LogP contribution in [0, 0.1) is 0 Å². The van der Waals surface area contributed by atoms with Gasteiger partial charge in [-0.15, -0.1) is 0 Å². The van der Waals surface area contributed by atoms with Gasteiger partial charge in [0.05, 0.1) is 5.60 Å². The zero-order chi connectivity index (χ0) is 11.4. The second kappa shape index (κ2) is 5.15. The molecule has 1 unspecified atom stereocenters.